The average molecular weight is 241 g/mol. The zero-order valence-corrected chi connectivity index (χ0v) is 9.88. The molecule has 1 rings (SSSR count). The standard InChI is InChI=1S/C10H11NO2S2/c1-15(12,13)10-4-2-9(3-5-10)8-11-6-7-14/h2-5,7-8H,6H2,1H3. The molecule has 0 radical (unpaired) electrons. The van der Waals surface area contributed by atoms with E-state index in [1.165, 1.54) is 11.6 Å². The van der Waals surface area contributed by atoms with E-state index in [0.29, 0.717) is 11.4 Å². The van der Waals surface area contributed by atoms with E-state index in [1.54, 1.807) is 30.5 Å². The monoisotopic (exact) mass is 241 g/mol. The van der Waals surface area contributed by atoms with Gasteiger partial charge in [-0.15, -0.1) is 0 Å². The van der Waals surface area contributed by atoms with Crippen molar-refractivity contribution in [2.45, 2.75) is 4.90 Å². The van der Waals surface area contributed by atoms with E-state index >= 15 is 0 Å². The van der Waals surface area contributed by atoms with Gasteiger partial charge in [0.05, 0.1) is 11.4 Å². The molecule has 0 N–H and O–H groups in total. The highest BCUT2D eigenvalue weighted by Gasteiger charge is 2.04. The number of hydrogen-bond donors (Lipinski definition) is 0. The first-order chi connectivity index (χ1) is 7.04. The molecule has 1 aromatic carbocycles. The van der Waals surface area contributed by atoms with Crippen LogP contribution in [-0.2, 0) is 9.84 Å². The van der Waals surface area contributed by atoms with Crippen molar-refractivity contribution in [3.05, 3.63) is 29.8 Å². The molecule has 0 aliphatic heterocycles. The van der Waals surface area contributed by atoms with Crippen LogP contribution in [0.3, 0.4) is 0 Å². The number of hydrogen-bond acceptors (Lipinski definition) is 4. The van der Waals surface area contributed by atoms with Crippen LogP contribution in [0.1, 0.15) is 5.56 Å². The Morgan fingerprint density at radius 3 is 2.40 bits per heavy atom. The van der Waals surface area contributed by atoms with Gasteiger partial charge in [-0.2, -0.15) is 0 Å². The summed E-state index contributed by atoms with van der Waals surface area (Å²) < 4.78 is 22.3. The van der Waals surface area contributed by atoms with Gasteiger partial charge in [0.2, 0.25) is 0 Å². The second-order valence-corrected chi connectivity index (χ2v) is 5.35. The van der Waals surface area contributed by atoms with Crippen molar-refractivity contribution >= 4 is 33.6 Å². The third-order valence-electron chi connectivity index (χ3n) is 1.73. The van der Waals surface area contributed by atoms with Gasteiger partial charge in [-0.1, -0.05) is 24.4 Å². The Morgan fingerprint density at radius 2 is 1.93 bits per heavy atom. The smallest absolute Gasteiger partial charge is 0.175 e. The van der Waals surface area contributed by atoms with E-state index in [0.717, 1.165) is 5.56 Å². The molecule has 0 aromatic heterocycles. The number of nitrogens with zero attached hydrogens (tertiary/aromatic N) is 1. The highest BCUT2D eigenvalue weighted by atomic mass is 32.2. The zero-order valence-electron chi connectivity index (χ0n) is 8.25. The summed E-state index contributed by atoms with van der Waals surface area (Å²) in [7, 11) is -3.11. The van der Waals surface area contributed by atoms with Crippen LogP contribution >= 0.6 is 12.2 Å². The van der Waals surface area contributed by atoms with Crippen molar-refractivity contribution in [1.82, 2.24) is 0 Å². The number of benzene rings is 1. The van der Waals surface area contributed by atoms with E-state index in [1.807, 2.05) is 0 Å². The number of aliphatic imine (C=N–C) groups is 1. The van der Waals surface area contributed by atoms with Crippen molar-refractivity contribution in [3.63, 3.8) is 0 Å². The van der Waals surface area contributed by atoms with Gasteiger partial charge in [0.15, 0.2) is 9.84 Å². The maximum Gasteiger partial charge on any atom is 0.175 e. The summed E-state index contributed by atoms with van der Waals surface area (Å²) in [5, 5.41) is 1.53. The lowest BCUT2D eigenvalue weighted by atomic mass is 10.2. The molecule has 80 valence electrons. The van der Waals surface area contributed by atoms with Gasteiger partial charge in [0.25, 0.3) is 0 Å². The zero-order chi connectivity index (χ0) is 11.3. The second kappa shape index (κ2) is 5.14. The molecule has 0 saturated carbocycles. The molecule has 5 heteroatoms. The first-order valence-corrected chi connectivity index (χ1v) is 6.64. The van der Waals surface area contributed by atoms with E-state index in [4.69, 9.17) is 0 Å². The third kappa shape index (κ3) is 3.89. The fraction of sp³-hybridized carbons (Fsp3) is 0.200. The van der Waals surface area contributed by atoms with E-state index in [9.17, 15) is 8.42 Å². The van der Waals surface area contributed by atoms with Gasteiger partial charge in [-0.25, -0.2) is 8.42 Å². The molecule has 0 spiro atoms. The summed E-state index contributed by atoms with van der Waals surface area (Å²) in [6, 6.07) is 6.55. The van der Waals surface area contributed by atoms with Crippen LogP contribution in [0.15, 0.2) is 34.2 Å². The minimum absolute atomic E-state index is 0.314. The Labute approximate surface area is 94.8 Å². The second-order valence-electron chi connectivity index (χ2n) is 3.00. The molecule has 0 atom stereocenters. The SMILES string of the molecule is CS(=O)(=O)c1ccc(C=NCC=S)cc1. The van der Waals surface area contributed by atoms with Gasteiger partial charge in [0, 0.05) is 17.8 Å². The fourth-order valence-electron chi connectivity index (χ4n) is 1.00. The molecule has 0 aliphatic carbocycles. The molecule has 0 saturated heterocycles. The summed E-state index contributed by atoms with van der Waals surface area (Å²) in [5.41, 5.74) is 0.860. The van der Waals surface area contributed by atoms with Gasteiger partial charge in [0.1, 0.15) is 0 Å². The molecule has 0 unspecified atom stereocenters. The molecule has 0 fully saturated rings. The Morgan fingerprint density at radius 1 is 1.33 bits per heavy atom. The van der Waals surface area contributed by atoms with Crippen LogP contribution < -0.4 is 0 Å². The topological polar surface area (TPSA) is 46.5 Å². The van der Waals surface area contributed by atoms with Crippen molar-refractivity contribution in [2.24, 2.45) is 4.99 Å². The van der Waals surface area contributed by atoms with E-state index < -0.39 is 9.84 Å². The van der Waals surface area contributed by atoms with Gasteiger partial charge in [-0.3, -0.25) is 4.99 Å². The number of sulfone groups is 1. The average Bonchev–Trinajstić information content (AvgIpc) is 2.18. The lowest BCUT2D eigenvalue weighted by molar-refractivity contribution is 0.602. The summed E-state index contributed by atoms with van der Waals surface area (Å²) in [4.78, 5) is 4.33. The first-order valence-electron chi connectivity index (χ1n) is 4.27. The predicted molar refractivity (Wildman–Crippen MR) is 65.7 cm³/mol. The van der Waals surface area contributed by atoms with Crippen molar-refractivity contribution in [3.8, 4) is 0 Å². The van der Waals surface area contributed by atoms with Crippen LogP contribution in [0, 0.1) is 0 Å². The first kappa shape index (κ1) is 12.0. The Bertz CT molecular complexity index is 461. The van der Waals surface area contributed by atoms with Crippen LogP contribution in [0.4, 0.5) is 0 Å². The van der Waals surface area contributed by atoms with Crippen LogP contribution in [-0.4, -0.2) is 32.8 Å². The summed E-state index contributed by atoms with van der Waals surface area (Å²) in [5.74, 6) is 0. The maximum absolute atomic E-state index is 11.2. The minimum Gasteiger partial charge on any atom is -0.288 e. The number of thiocarbonyl (C=S) groups is 1. The normalized spacial score (nSPS) is 11.8. The fourth-order valence-corrected chi connectivity index (χ4v) is 1.72. The lowest BCUT2D eigenvalue weighted by Gasteiger charge is -1.97. The van der Waals surface area contributed by atoms with E-state index in [-0.39, 0.29) is 0 Å². The highest BCUT2D eigenvalue weighted by molar-refractivity contribution is 7.90. The van der Waals surface area contributed by atoms with Gasteiger partial charge >= 0.3 is 0 Å². The van der Waals surface area contributed by atoms with Crippen LogP contribution in [0.25, 0.3) is 0 Å². The quantitative estimate of drug-likeness (QED) is 0.593. The van der Waals surface area contributed by atoms with Gasteiger partial charge in [-0.05, 0) is 17.7 Å². The minimum atomic E-state index is -3.11. The molecule has 0 heterocycles. The van der Waals surface area contributed by atoms with Crippen molar-refractivity contribution in [1.29, 1.82) is 0 Å². The Balaban J connectivity index is 2.86. The predicted octanol–water partition coefficient (Wildman–Crippen LogP) is 1.51. The molecular weight excluding hydrogens is 230 g/mol. The molecule has 0 aliphatic rings. The number of rotatable bonds is 4. The van der Waals surface area contributed by atoms with Gasteiger partial charge < -0.3 is 0 Å². The molecule has 0 amide bonds. The summed E-state index contributed by atoms with van der Waals surface area (Å²) in [6.07, 6.45) is 2.84. The molecule has 3 nitrogen and oxygen atoms in total. The van der Waals surface area contributed by atoms with Crippen LogP contribution in [0.5, 0.6) is 0 Å². The highest BCUT2D eigenvalue weighted by Crippen LogP contribution is 2.08. The third-order valence-corrected chi connectivity index (χ3v) is 3.01. The van der Waals surface area contributed by atoms with Crippen molar-refractivity contribution in [2.75, 3.05) is 12.8 Å². The molecule has 15 heavy (non-hydrogen) atoms. The summed E-state index contributed by atoms with van der Waals surface area (Å²) >= 11 is 4.62. The Kier molecular flexibility index (Phi) is 4.11. The molecule has 1 aromatic rings. The van der Waals surface area contributed by atoms with E-state index in [2.05, 4.69) is 17.2 Å². The lowest BCUT2D eigenvalue weighted by Crippen LogP contribution is -1.96. The van der Waals surface area contributed by atoms with Crippen LogP contribution in [0.2, 0.25) is 0 Å². The molecular formula is C10H11NO2S2. The molecule has 0 bridgehead atoms. The van der Waals surface area contributed by atoms with Crippen molar-refractivity contribution < 1.29 is 8.42 Å². The summed E-state index contributed by atoms with van der Waals surface area (Å²) in [6.45, 7) is 0.489. The largest absolute Gasteiger partial charge is 0.288 e. The Hall–Kier alpha value is -1.07. The maximum atomic E-state index is 11.2.